The lowest BCUT2D eigenvalue weighted by atomic mass is 10.1. The van der Waals surface area contributed by atoms with Gasteiger partial charge in [0.05, 0.1) is 11.4 Å². The Kier molecular flexibility index (Phi) is 4.88. The lowest BCUT2D eigenvalue weighted by Gasteiger charge is -2.34. The van der Waals surface area contributed by atoms with Crippen molar-refractivity contribution in [1.82, 2.24) is 4.90 Å². The minimum atomic E-state index is -0.190. The molecule has 8 nitrogen and oxygen atoms in total. The first-order chi connectivity index (χ1) is 12.5. The highest BCUT2D eigenvalue weighted by molar-refractivity contribution is 5.95. The SMILES string of the molecule is CCN(CC)C(=O)COc1cccc2c1N(O)c1cccc(O)c1N2O. The van der Waals surface area contributed by atoms with Gasteiger partial charge in [-0.3, -0.25) is 15.2 Å². The molecule has 0 saturated carbocycles. The van der Waals surface area contributed by atoms with E-state index in [1.165, 1.54) is 6.07 Å². The average molecular weight is 359 g/mol. The fourth-order valence-electron chi connectivity index (χ4n) is 2.97. The smallest absolute Gasteiger partial charge is 0.260 e. The summed E-state index contributed by atoms with van der Waals surface area (Å²) in [5, 5.41) is 32.7. The molecular weight excluding hydrogens is 338 g/mol. The molecule has 1 aliphatic rings. The van der Waals surface area contributed by atoms with E-state index < -0.39 is 0 Å². The van der Waals surface area contributed by atoms with Crippen molar-refractivity contribution in [3.05, 3.63) is 36.4 Å². The van der Waals surface area contributed by atoms with E-state index in [0.717, 1.165) is 10.1 Å². The maximum absolute atomic E-state index is 12.2. The topological polar surface area (TPSA) is 96.7 Å². The van der Waals surface area contributed by atoms with Gasteiger partial charge in [-0.1, -0.05) is 12.1 Å². The summed E-state index contributed by atoms with van der Waals surface area (Å²) in [6.07, 6.45) is 0. The summed E-state index contributed by atoms with van der Waals surface area (Å²) in [7, 11) is 0. The quantitative estimate of drug-likeness (QED) is 0.755. The monoisotopic (exact) mass is 359 g/mol. The number of nitrogens with zero attached hydrogens (tertiary/aromatic N) is 3. The first-order valence-electron chi connectivity index (χ1n) is 8.33. The molecule has 2 aromatic carbocycles. The predicted molar refractivity (Wildman–Crippen MR) is 95.8 cm³/mol. The number of likely N-dealkylation sites (N-methyl/N-ethyl adjacent to an activating group) is 1. The fraction of sp³-hybridized carbons (Fsp3) is 0.278. The molecule has 0 aliphatic carbocycles. The number of phenols is 1. The van der Waals surface area contributed by atoms with Crippen molar-refractivity contribution in [2.24, 2.45) is 0 Å². The van der Waals surface area contributed by atoms with Gasteiger partial charge in [0, 0.05) is 13.1 Å². The summed E-state index contributed by atoms with van der Waals surface area (Å²) in [4.78, 5) is 13.8. The van der Waals surface area contributed by atoms with Crippen LogP contribution in [0.1, 0.15) is 13.8 Å². The number of ether oxygens (including phenoxy) is 1. The zero-order valence-corrected chi connectivity index (χ0v) is 14.6. The van der Waals surface area contributed by atoms with Crippen LogP contribution in [0, 0.1) is 0 Å². The molecular formula is C18H21N3O5. The van der Waals surface area contributed by atoms with Crippen LogP contribution in [0.5, 0.6) is 11.5 Å². The Morgan fingerprint density at radius 2 is 1.58 bits per heavy atom. The second kappa shape index (κ2) is 7.11. The van der Waals surface area contributed by atoms with Crippen LogP contribution in [0.15, 0.2) is 36.4 Å². The fourth-order valence-corrected chi connectivity index (χ4v) is 2.97. The molecule has 1 aliphatic heterocycles. The lowest BCUT2D eigenvalue weighted by molar-refractivity contribution is -0.132. The van der Waals surface area contributed by atoms with Crippen LogP contribution in [0.25, 0.3) is 0 Å². The summed E-state index contributed by atoms with van der Waals surface area (Å²) < 4.78 is 5.62. The minimum Gasteiger partial charge on any atom is -0.506 e. The average Bonchev–Trinajstić information content (AvgIpc) is 2.65. The summed E-state index contributed by atoms with van der Waals surface area (Å²) in [6.45, 7) is 4.73. The third-order valence-electron chi connectivity index (χ3n) is 4.32. The Labute approximate surface area is 151 Å². The first-order valence-corrected chi connectivity index (χ1v) is 8.33. The molecule has 1 amide bonds. The number of phenolic OH excluding ortho intramolecular Hbond substituents is 1. The summed E-state index contributed by atoms with van der Waals surface area (Å²) >= 11 is 0. The highest BCUT2D eigenvalue weighted by atomic mass is 16.5. The highest BCUT2D eigenvalue weighted by Crippen LogP contribution is 2.52. The molecule has 0 atom stereocenters. The van der Waals surface area contributed by atoms with Crippen molar-refractivity contribution in [3.63, 3.8) is 0 Å². The van der Waals surface area contributed by atoms with Gasteiger partial charge in [-0.15, -0.1) is 0 Å². The predicted octanol–water partition coefficient (Wildman–Crippen LogP) is 3.01. The number of aromatic hydroxyl groups is 1. The largest absolute Gasteiger partial charge is 0.506 e. The molecule has 8 heteroatoms. The van der Waals surface area contributed by atoms with Crippen LogP contribution in [0.2, 0.25) is 0 Å². The van der Waals surface area contributed by atoms with Crippen LogP contribution in [-0.2, 0) is 4.79 Å². The molecule has 0 fully saturated rings. The molecule has 0 radical (unpaired) electrons. The van der Waals surface area contributed by atoms with Gasteiger partial charge in [0.2, 0.25) is 0 Å². The third kappa shape index (κ3) is 2.89. The number of carbonyl (C=O) groups excluding carboxylic acids is 1. The molecule has 3 N–H and O–H groups in total. The summed E-state index contributed by atoms with van der Waals surface area (Å²) in [5.41, 5.74) is 0.639. The zero-order valence-electron chi connectivity index (χ0n) is 14.6. The van der Waals surface area contributed by atoms with Gasteiger partial charge in [-0.25, -0.2) is 10.1 Å². The molecule has 2 aromatic rings. The molecule has 0 aromatic heterocycles. The maximum Gasteiger partial charge on any atom is 0.260 e. The number of anilines is 4. The molecule has 3 rings (SSSR count). The van der Waals surface area contributed by atoms with E-state index in [-0.39, 0.29) is 46.8 Å². The van der Waals surface area contributed by atoms with E-state index in [1.807, 2.05) is 13.8 Å². The van der Waals surface area contributed by atoms with Gasteiger partial charge in [-0.05, 0) is 38.1 Å². The van der Waals surface area contributed by atoms with Crippen molar-refractivity contribution in [2.75, 3.05) is 29.8 Å². The van der Waals surface area contributed by atoms with Crippen LogP contribution >= 0.6 is 0 Å². The zero-order chi connectivity index (χ0) is 18.8. The van der Waals surface area contributed by atoms with Crippen LogP contribution in [0.4, 0.5) is 22.7 Å². The van der Waals surface area contributed by atoms with Gasteiger partial charge >= 0.3 is 0 Å². The molecule has 138 valence electrons. The molecule has 0 bridgehead atoms. The number of rotatable bonds is 5. The number of carbonyl (C=O) groups is 1. The Balaban J connectivity index is 1.94. The standard InChI is InChI=1S/C18H21N3O5/c1-3-19(4-2)16(23)11-26-15-10-6-8-13-18(15)21(25)12-7-5-9-14(22)17(12)20(13)24/h5-10,22,24-25H,3-4,11H2,1-2H3. The lowest BCUT2D eigenvalue weighted by Crippen LogP contribution is -2.34. The van der Waals surface area contributed by atoms with Crippen molar-refractivity contribution >= 4 is 28.7 Å². The Morgan fingerprint density at radius 3 is 2.23 bits per heavy atom. The Hall–Kier alpha value is -2.97. The van der Waals surface area contributed by atoms with Crippen molar-refractivity contribution < 1.29 is 25.1 Å². The van der Waals surface area contributed by atoms with Crippen molar-refractivity contribution in [1.29, 1.82) is 0 Å². The Morgan fingerprint density at radius 1 is 1.00 bits per heavy atom. The number of para-hydroxylation sites is 2. The molecule has 0 saturated heterocycles. The number of amides is 1. The first kappa shape index (κ1) is 17.8. The number of fused-ring (bicyclic) bond motifs is 2. The molecule has 0 unspecified atom stereocenters. The van der Waals surface area contributed by atoms with E-state index in [1.54, 1.807) is 35.2 Å². The van der Waals surface area contributed by atoms with E-state index in [2.05, 4.69) is 0 Å². The molecule has 26 heavy (non-hydrogen) atoms. The Bertz CT molecular complexity index is 822. The highest BCUT2D eigenvalue weighted by Gasteiger charge is 2.32. The van der Waals surface area contributed by atoms with Crippen molar-refractivity contribution in [2.45, 2.75) is 13.8 Å². The van der Waals surface area contributed by atoms with E-state index in [0.29, 0.717) is 13.1 Å². The van der Waals surface area contributed by atoms with Crippen molar-refractivity contribution in [3.8, 4) is 11.5 Å². The second-order valence-electron chi connectivity index (χ2n) is 5.75. The minimum absolute atomic E-state index is 0.0545. The van der Waals surface area contributed by atoms with Gasteiger partial charge in [-0.2, -0.15) is 0 Å². The second-order valence-corrected chi connectivity index (χ2v) is 5.75. The third-order valence-corrected chi connectivity index (χ3v) is 4.32. The van der Waals surface area contributed by atoms with E-state index in [4.69, 9.17) is 4.74 Å². The van der Waals surface area contributed by atoms with E-state index >= 15 is 0 Å². The number of hydrogen-bond donors (Lipinski definition) is 3. The van der Waals surface area contributed by atoms with Crippen LogP contribution in [-0.4, -0.2) is 46.0 Å². The molecule has 1 heterocycles. The van der Waals surface area contributed by atoms with Gasteiger partial charge in [0.25, 0.3) is 5.91 Å². The van der Waals surface area contributed by atoms with Crippen LogP contribution in [0.3, 0.4) is 0 Å². The number of hydrogen-bond acceptors (Lipinski definition) is 7. The van der Waals surface area contributed by atoms with Crippen LogP contribution < -0.4 is 14.9 Å². The number of benzene rings is 2. The van der Waals surface area contributed by atoms with Gasteiger partial charge < -0.3 is 14.7 Å². The summed E-state index contributed by atoms with van der Waals surface area (Å²) in [6, 6.07) is 9.27. The van der Waals surface area contributed by atoms with Gasteiger partial charge in [0.15, 0.2) is 6.61 Å². The van der Waals surface area contributed by atoms with Gasteiger partial charge in [0.1, 0.15) is 22.9 Å². The van der Waals surface area contributed by atoms with E-state index in [9.17, 15) is 20.3 Å². The normalized spacial score (nSPS) is 12.5. The maximum atomic E-state index is 12.2. The summed E-state index contributed by atoms with van der Waals surface area (Å²) in [5.74, 6) is -0.122. The molecule has 0 spiro atoms.